The Morgan fingerprint density at radius 1 is 1.11 bits per heavy atom. The molecule has 0 bridgehead atoms. The quantitative estimate of drug-likeness (QED) is 0.188. The Hall–Kier alpha value is -2.92. The van der Waals surface area contributed by atoms with Crippen molar-refractivity contribution < 1.29 is 38.1 Å². The highest BCUT2D eigenvalue weighted by molar-refractivity contribution is 5.70. The van der Waals surface area contributed by atoms with E-state index in [0.29, 0.717) is 38.9 Å². The van der Waals surface area contributed by atoms with Gasteiger partial charge in [0, 0.05) is 44.6 Å². The number of ether oxygens (including phenoxy) is 3. The van der Waals surface area contributed by atoms with Crippen molar-refractivity contribution in [2.45, 2.75) is 84.2 Å². The molecule has 248 valence electrons. The van der Waals surface area contributed by atoms with Gasteiger partial charge in [0.15, 0.2) is 0 Å². The van der Waals surface area contributed by atoms with Crippen LogP contribution in [0.2, 0.25) is 0 Å². The van der Waals surface area contributed by atoms with E-state index in [0.717, 1.165) is 25.1 Å². The van der Waals surface area contributed by atoms with Crippen LogP contribution in [0.5, 0.6) is 0 Å². The minimum Gasteiger partial charge on any atom is -0.457 e. The van der Waals surface area contributed by atoms with Gasteiger partial charge in [0.25, 0.3) is 0 Å². The van der Waals surface area contributed by atoms with E-state index < -0.39 is 43.1 Å². The molecule has 0 saturated carbocycles. The van der Waals surface area contributed by atoms with Gasteiger partial charge >= 0.3 is 18.2 Å². The third-order valence-electron chi connectivity index (χ3n) is 8.76. The number of cyclic esters (lactones) is 1. The first-order chi connectivity index (χ1) is 21.0. The molecule has 2 fully saturated rings. The SMILES string of the molecule is C/C(=C\C=C\[C@@H](C)COC(=O)N1CCC[C@H]1CF)[C@H]1OC(=O)C[C@H](O)CC[C@H](C)[C@@H](OC(=O)N2CCN(C)CC2)/C=C/[C@@H]1C. The van der Waals surface area contributed by atoms with Gasteiger partial charge < -0.3 is 34.0 Å². The summed E-state index contributed by atoms with van der Waals surface area (Å²) < 4.78 is 30.4. The Kier molecular flexibility index (Phi) is 14.2. The van der Waals surface area contributed by atoms with Gasteiger partial charge in [0.1, 0.15) is 18.9 Å². The number of nitrogens with zero attached hydrogens (tertiary/aromatic N) is 3. The highest BCUT2D eigenvalue weighted by atomic mass is 19.1. The van der Waals surface area contributed by atoms with Gasteiger partial charge in [-0.05, 0) is 57.2 Å². The lowest BCUT2D eigenvalue weighted by molar-refractivity contribution is -0.151. The molecule has 3 heterocycles. The molecule has 44 heavy (non-hydrogen) atoms. The van der Waals surface area contributed by atoms with Crippen LogP contribution in [0.3, 0.4) is 0 Å². The van der Waals surface area contributed by atoms with E-state index in [2.05, 4.69) is 4.90 Å². The number of halogens is 1. The van der Waals surface area contributed by atoms with Crippen LogP contribution in [0.15, 0.2) is 36.0 Å². The number of amides is 2. The number of hydrogen-bond donors (Lipinski definition) is 1. The zero-order valence-corrected chi connectivity index (χ0v) is 27.0. The lowest BCUT2D eigenvalue weighted by Crippen LogP contribution is -2.48. The number of piperazine rings is 1. The second-order valence-corrected chi connectivity index (χ2v) is 12.7. The lowest BCUT2D eigenvalue weighted by Gasteiger charge is -2.33. The largest absolute Gasteiger partial charge is 0.457 e. The number of carbonyl (C=O) groups is 3. The second kappa shape index (κ2) is 17.5. The summed E-state index contributed by atoms with van der Waals surface area (Å²) in [5, 5.41) is 10.5. The number of esters is 1. The molecule has 2 saturated heterocycles. The van der Waals surface area contributed by atoms with Crippen molar-refractivity contribution in [3.05, 3.63) is 36.0 Å². The maximum Gasteiger partial charge on any atom is 0.410 e. The number of allylic oxidation sites excluding steroid dienone is 2. The predicted octanol–water partition coefficient (Wildman–Crippen LogP) is 4.73. The average molecular weight is 622 g/mol. The number of aliphatic hydroxyl groups is 1. The number of hydrogen-bond acceptors (Lipinski definition) is 8. The maximum atomic E-state index is 13.1. The molecule has 0 radical (unpaired) electrons. The van der Waals surface area contributed by atoms with Gasteiger partial charge in [-0.25, -0.2) is 14.0 Å². The molecule has 3 aliphatic rings. The summed E-state index contributed by atoms with van der Waals surface area (Å²) in [5.41, 5.74) is 0.796. The summed E-state index contributed by atoms with van der Waals surface area (Å²) in [6.07, 6.45) is 8.94. The summed E-state index contributed by atoms with van der Waals surface area (Å²) in [5.74, 6) is -0.848. The summed E-state index contributed by atoms with van der Waals surface area (Å²) in [6.45, 7) is 10.7. The van der Waals surface area contributed by atoms with E-state index in [1.165, 1.54) is 4.90 Å². The van der Waals surface area contributed by atoms with Gasteiger partial charge in [-0.3, -0.25) is 4.79 Å². The fourth-order valence-corrected chi connectivity index (χ4v) is 5.70. The van der Waals surface area contributed by atoms with E-state index >= 15 is 0 Å². The Morgan fingerprint density at radius 3 is 2.55 bits per heavy atom. The molecule has 7 atom stereocenters. The summed E-state index contributed by atoms with van der Waals surface area (Å²) in [6, 6.07) is -0.396. The van der Waals surface area contributed by atoms with Gasteiger partial charge in [-0.2, -0.15) is 0 Å². The van der Waals surface area contributed by atoms with Crippen molar-refractivity contribution >= 4 is 18.2 Å². The number of rotatable bonds is 7. The van der Waals surface area contributed by atoms with Crippen molar-refractivity contribution in [3.8, 4) is 0 Å². The zero-order chi connectivity index (χ0) is 32.2. The van der Waals surface area contributed by atoms with Crippen molar-refractivity contribution in [2.24, 2.45) is 17.8 Å². The predicted molar refractivity (Wildman–Crippen MR) is 166 cm³/mol. The molecular formula is C33H52FN3O7. The first-order valence-electron chi connectivity index (χ1n) is 16.0. The number of likely N-dealkylation sites (tertiary alicyclic amines) is 1. The monoisotopic (exact) mass is 621 g/mol. The Bertz CT molecular complexity index is 1040. The molecular weight excluding hydrogens is 569 g/mol. The van der Waals surface area contributed by atoms with Crippen molar-refractivity contribution in [1.29, 1.82) is 0 Å². The molecule has 0 aromatic carbocycles. The smallest absolute Gasteiger partial charge is 0.410 e. The van der Waals surface area contributed by atoms with E-state index in [-0.39, 0.29) is 36.9 Å². The van der Waals surface area contributed by atoms with E-state index in [1.54, 1.807) is 4.90 Å². The minimum absolute atomic E-state index is 0.0538. The maximum absolute atomic E-state index is 13.1. The highest BCUT2D eigenvalue weighted by Crippen LogP contribution is 2.25. The number of alkyl halides is 1. The minimum atomic E-state index is -0.855. The standard InChI is InChI=1S/C33H52FN3O7/c1-23(22-42-33(41)37-15-7-10-27(37)21-34)8-6-9-25(3)31-26(4)12-14-29(24(2)11-13-28(38)20-30(39)44-31)43-32(40)36-18-16-35(5)17-19-36/h6,8-9,12,14,23-24,26-29,31,38H,7,10-11,13,15-22H2,1-5H3/b8-6+,14-12+,25-9+/t23-,24+,26+,27+,28-,29+,31-/m1/s1. The number of aliphatic hydroxyl groups excluding tert-OH is 1. The van der Waals surface area contributed by atoms with E-state index in [4.69, 9.17) is 14.2 Å². The molecule has 10 nitrogen and oxygen atoms in total. The van der Waals surface area contributed by atoms with Crippen LogP contribution in [-0.2, 0) is 19.0 Å². The van der Waals surface area contributed by atoms with Gasteiger partial charge in [0.05, 0.1) is 25.2 Å². The van der Waals surface area contributed by atoms with Crippen LogP contribution in [0, 0.1) is 17.8 Å². The molecule has 0 aliphatic carbocycles. The molecule has 0 aromatic heterocycles. The third-order valence-corrected chi connectivity index (χ3v) is 8.76. The first kappa shape index (κ1) is 35.6. The molecule has 0 spiro atoms. The van der Waals surface area contributed by atoms with E-state index in [1.807, 2.05) is 65.1 Å². The van der Waals surface area contributed by atoms with Crippen molar-refractivity contribution in [1.82, 2.24) is 14.7 Å². The number of likely N-dealkylation sites (N-methyl/N-ethyl adjacent to an activating group) is 1. The molecule has 11 heteroatoms. The Morgan fingerprint density at radius 2 is 1.84 bits per heavy atom. The third kappa shape index (κ3) is 10.9. The van der Waals surface area contributed by atoms with Crippen molar-refractivity contribution in [3.63, 3.8) is 0 Å². The summed E-state index contributed by atoms with van der Waals surface area (Å²) >= 11 is 0. The fourth-order valence-electron chi connectivity index (χ4n) is 5.70. The lowest BCUT2D eigenvalue weighted by atomic mass is 9.92. The number of carbonyl (C=O) groups excluding carboxylic acids is 3. The summed E-state index contributed by atoms with van der Waals surface area (Å²) in [7, 11) is 2.03. The normalized spacial score (nSPS) is 31.2. The van der Waals surface area contributed by atoms with Crippen LogP contribution in [0.1, 0.15) is 59.8 Å². The average Bonchev–Trinajstić information content (AvgIpc) is 3.48. The van der Waals surface area contributed by atoms with Gasteiger partial charge in [-0.15, -0.1) is 0 Å². The van der Waals surface area contributed by atoms with Crippen LogP contribution in [0.25, 0.3) is 0 Å². The van der Waals surface area contributed by atoms with E-state index in [9.17, 15) is 23.9 Å². The van der Waals surface area contributed by atoms with Crippen LogP contribution in [0.4, 0.5) is 14.0 Å². The van der Waals surface area contributed by atoms with Gasteiger partial charge in [0.2, 0.25) is 0 Å². The highest BCUT2D eigenvalue weighted by Gasteiger charge is 2.31. The Balaban J connectivity index is 1.66. The fraction of sp³-hybridized carbons (Fsp3) is 0.727. The molecule has 3 rings (SSSR count). The molecule has 2 amide bonds. The molecule has 0 aromatic rings. The van der Waals surface area contributed by atoms with Crippen molar-refractivity contribution in [2.75, 3.05) is 53.1 Å². The summed E-state index contributed by atoms with van der Waals surface area (Å²) in [4.78, 5) is 43.4. The molecule has 3 aliphatic heterocycles. The Labute approximate surface area is 261 Å². The van der Waals surface area contributed by atoms with Crippen LogP contribution >= 0.6 is 0 Å². The molecule has 1 N–H and O–H groups in total. The van der Waals surface area contributed by atoms with Gasteiger partial charge in [-0.1, -0.05) is 45.1 Å². The van der Waals surface area contributed by atoms with Crippen LogP contribution < -0.4 is 0 Å². The topological polar surface area (TPSA) is 109 Å². The zero-order valence-electron chi connectivity index (χ0n) is 27.0. The molecule has 0 unspecified atom stereocenters. The van der Waals surface area contributed by atoms with Crippen LogP contribution in [-0.4, -0.2) is 115 Å². The first-order valence-corrected chi connectivity index (χ1v) is 16.0. The second-order valence-electron chi connectivity index (χ2n) is 12.7.